The SMILES string of the molecule is CC(Nc1ccc([N+](=O)[O-])c(Cl)c1)c1ccccc1Br. The highest BCUT2D eigenvalue weighted by Gasteiger charge is 2.14. The molecule has 0 aliphatic heterocycles. The highest BCUT2D eigenvalue weighted by molar-refractivity contribution is 9.10. The predicted molar refractivity (Wildman–Crippen MR) is 84.3 cm³/mol. The van der Waals surface area contributed by atoms with E-state index in [0.29, 0.717) is 0 Å². The first-order valence-corrected chi connectivity index (χ1v) is 7.11. The van der Waals surface area contributed by atoms with Crippen LogP contribution in [0.2, 0.25) is 5.02 Å². The van der Waals surface area contributed by atoms with Gasteiger partial charge < -0.3 is 5.32 Å². The summed E-state index contributed by atoms with van der Waals surface area (Å²) in [4.78, 5) is 10.2. The topological polar surface area (TPSA) is 55.2 Å². The molecule has 0 saturated carbocycles. The zero-order valence-corrected chi connectivity index (χ0v) is 13.0. The first-order chi connectivity index (χ1) is 9.49. The van der Waals surface area contributed by atoms with Crippen LogP contribution in [0.4, 0.5) is 11.4 Å². The van der Waals surface area contributed by atoms with Crippen LogP contribution < -0.4 is 5.32 Å². The number of hydrogen-bond acceptors (Lipinski definition) is 3. The standard InChI is InChI=1S/C14H12BrClN2O2/c1-9(11-4-2-3-5-12(11)15)17-10-6-7-14(18(19)20)13(16)8-10/h2-9,17H,1H3. The molecule has 0 fully saturated rings. The fourth-order valence-electron chi connectivity index (χ4n) is 1.90. The van der Waals surface area contributed by atoms with Crippen molar-refractivity contribution in [3.8, 4) is 0 Å². The van der Waals surface area contributed by atoms with Crippen LogP contribution in [0.3, 0.4) is 0 Å². The van der Waals surface area contributed by atoms with E-state index in [-0.39, 0.29) is 16.8 Å². The minimum atomic E-state index is -0.497. The first kappa shape index (κ1) is 14.8. The van der Waals surface area contributed by atoms with Gasteiger partial charge in [-0.25, -0.2) is 0 Å². The summed E-state index contributed by atoms with van der Waals surface area (Å²) in [7, 11) is 0. The number of benzene rings is 2. The number of anilines is 1. The van der Waals surface area contributed by atoms with E-state index in [9.17, 15) is 10.1 Å². The summed E-state index contributed by atoms with van der Waals surface area (Å²) in [5.41, 5.74) is 1.75. The summed E-state index contributed by atoms with van der Waals surface area (Å²) < 4.78 is 1.01. The van der Waals surface area contributed by atoms with Crippen molar-refractivity contribution in [3.63, 3.8) is 0 Å². The molecule has 0 bridgehead atoms. The smallest absolute Gasteiger partial charge is 0.288 e. The van der Waals surface area contributed by atoms with Gasteiger partial charge in [-0.3, -0.25) is 10.1 Å². The number of nitro benzene ring substituents is 1. The summed E-state index contributed by atoms with van der Waals surface area (Å²) >= 11 is 9.39. The Morgan fingerprint density at radius 3 is 2.60 bits per heavy atom. The molecule has 104 valence electrons. The van der Waals surface area contributed by atoms with Gasteiger partial charge in [0.2, 0.25) is 0 Å². The van der Waals surface area contributed by atoms with Crippen LogP contribution in [-0.2, 0) is 0 Å². The van der Waals surface area contributed by atoms with Crippen LogP contribution in [0.1, 0.15) is 18.5 Å². The zero-order chi connectivity index (χ0) is 14.7. The second-order valence-electron chi connectivity index (χ2n) is 4.31. The van der Waals surface area contributed by atoms with Crippen LogP contribution in [0.15, 0.2) is 46.9 Å². The number of hydrogen-bond donors (Lipinski definition) is 1. The third-order valence-electron chi connectivity index (χ3n) is 2.90. The van der Waals surface area contributed by atoms with Crippen molar-refractivity contribution in [1.82, 2.24) is 0 Å². The number of halogens is 2. The normalized spacial score (nSPS) is 11.9. The van der Waals surface area contributed by atoms with E-state index in [4.69, 9.17) is 11.6 Å². The number of nitrogens with zero attached hydrogens (tertiary/aromatic N) is 1. The maximum atomic E-state index is 10.7. The second-order valence-corrected chi connectivity index (χ2v) is 5.57. The molecular weight excluding hydrogens is 344 g/mol. The largest absolute Gasteiger partial charge is 0.378 e. The van der Waals surface area contributed by atoms with Crippen molar-refractivity contribution in [2.24, 2.45) is 0 Å². The van der Waals surface area contributed by atoms with Gasteiger partial charge in [0.15, 0.2) is 0 Å². The second kappa shape index (κ2) is 6.24. The Morgan fingerprint density at radius 1 is 1.30 bits per heavy atom. The van der Waals surface area contributed by atoms with E-state index < -0.39 is 4.92 Å². The number of rotatable bonds is 4. The third-order valence-corrected chi connectivity index (χ3v) is 3.92. The first-order valence-electron chi connectivity index (χ1n) is 5.94. The van der Waals surface area contributed by atoms with Crippen molar-refractivity contribution in [3.05, 3.63) is 67.6 Å². The Bertz CT molecular complexity index is 649. The van der Waals surface area contributed by atoms with Crippen molar-refractivity contribution in [1.29, 1.82) is 0 Å². The summed E-state index contributed by atoms with van der Waals surface area (Å²) in [6.07, 6.45) is 0. The molecular formula is C14H12BrClN2O2. The van der Waals surface area contributed by atoms with Crippen LogP contribution in [0.5, 0.6) is 0 Å². The lowest BCUT2D eigenvalue weighted by molar-refractivity contribution is -0.384. The summed E-state index contributed by atoms with van der Waals surface area (Å²) in [6.45, 7) is 2.01. The molecule has 2 aromatic rings. The van der Waals surface area contributed by atoms with E-state index in [1.807, 2.05) is 31.2 Å². The highest BCUT2D eigenvalue weighted by Crippen LogP contribution is 2.30. The Morgan fingerprint density at radius 2 is 2.00 bits per heavy atom. The van der Waals surface area contributed by atoms with Crippen molar-refractivity contribution < 1.29 is 4.92 Å². The molecule has 4 nitrogen and oxygen atoms in total. The third kappa shape index (κ3) is 3.29. The Labute approximate surface area is 130 Å². The summed E-state index contributed by atoms with van der Waals surface area (Å²) in [5.74, 6) is 0. The molecule has 1 unspecified atom stereocenters. The van der Waals surface area contributed by atoms with Gasteiger partial charge in [-0.05, 0) is 30.7 Å². The fourth-order valence-corrected chi connectivity index (χ4v) is 2.78. The Kier molecular flexibility index (Phi) is 4.62. The van der Waals surface area contributed by atoms with Gasteiger partial charge in [-0.2, -0.15) is 0 Å². The lowest BCUT2D eigenvalue weighted by Crippen LogP contribution is -2.07. The van der Waals surface area contributed by atoms with Gasteiger partial charge in [0, 0.05) is 22.3 Å². The molecule has 2 aromatic carbocycles. The van der Waals surface area contributed by atoms with E-state index in [2.05, 4.69) is 21.2 Å². The molecule has 0 radical (unpaired) electrons. The van der Waals surface area contributed by atoms with Crippen LogP contribution >= 0.6 is 27.5 Å². The molecule has 6 heteroatoms. The average molecular weight is 356 g/mol. The molecule has 20 heavy (non-hydrogen) atoms. The molecule has 0 aliphatic carbocycles. The van der Waals surface area contributed by atoms with Gasteiger partial charge in [-0.1, -0.05) is 45.7 Å². The molecule has 2 rings (SSSR count). The van der Waals surface area contributed by atoms with E-state index >= 15 is 0 Å². The van der Waals surface area contributed by atoms with Gasteiger partial charge in [0.05, 0.1) is 4.92 Å². The lowest BCUT2D eigenvalue weighted by atomic mass is 10.1. The average Bonchev–Trinajstić information content (AvgIpc) is 2.38. The number of nitrogens with one attached hydrogen (secondary N) is 1. The van der Waals surface area contributed by atoms with Gasteiger partial charge >= 0.3 is 0 Å². The van der Waals surface area contributed by atoms with E-state index in [1.165, 1.54) is 6.07 Å². The van der Waals surface area contributed by atoms with Gasteiger partial charge in [0.25, 0.3) is 5.69 Å². The summed E-state index contributed by atoms with van der Waals surface area (Å²) in [5, 5.41) is 14.1. The summed E-state index contributed by atoms with van der Waals surface area (Å²) in [6, 6.07) is 12.5. The Balaban J connectivity index is 2.20. The maximum absolute atomic E-state index is 10.7. The minimum Gasteiger partial charge on any atom is -0.378 e. The highest BCUT2D eigenvalue weighted by atomic mass is 79.9. The molecule has 1 atom stereocenters. The lowest BCUT2D eigenvalue weighted by Gasteiger charge is -2.17. The monoisotopic (exact) mass is 354 g/mol. The van der Waals surface area contributed by atoms with Crippen molar-refractivity contribution >= 4 is 38.9 Å². The Hall–Kier alpha value is -1.59. The molecule has 1 N–H and O–H groups in total. The van der Waals surface area contributed by atoms with Crippen molar-refractivity contribution in [2.75, 3.05) is 5.32 Å². The van der Waals surface area contributed by atoms with Crippen LogP contribution in [-0.4, -0.2) is 4.92 Å². The van der Waals surface area contributed by atoms with E-state index in [0.717, 1.165) is 15.7 Å². The fraction of sp³-hybridized carbons (Fsp3) is 0.143. The number of nitro groups is 1. The molecule has 0 spiro atoms. The van der Waals surface area contributed by atoms with Crippen molar-refractivity contribution in [2.45, 2.75) is 13.0 Å². The zero-order valence-electron chi connectivity index (χ0n) is 10.6. The molecule has 0 aromatic heterocycles. The molecule has 0 saturated heterocycles. The van der Waals surface area contributed by atoms with Gasteiger partial charge in [0.1, 0.15) is 5.02 Å². The molecule has 0 aliphatic rings. The van der Waals surface area contributed by atoms with E-state index in [1.54, 1.807) is 12.1 Å². The molecule has 0 amide bonds. The minimum absolute atomic E-state index is 0.0445. The predicted octanol–water partition coefficient (Wildman–Crippen LogP) is 5.18. The van der Waals surface area contributed by atoms with Crippen LogP contribution in [0.25, 0.3) is 0 Å². The molecule has 0 heterocycles. The van der Waals surface area contributed by atoms with Gasteiger partial charge in [-0.15, -0.1) is 0 Å². The quantitative estimate of drug-likeness (QED) is 0.607. The van der Waals surface area contributed by atoms with Crippen LogP contribution in [0, 0.1) is 10.1 Å². The maximum Gasteiger partial charge on any atom is 0.288 e.